The smallest absolute Gasteiger partial charge is 0.416 e. The maximum absolute atomic E-state index is 13.4. The first-order valence-corrected chi connectivity index (χ1v) is 11.4. The molecular formula is C25H16ClF3N4O6. The monoisotopic (exact) mass is 560 g/mol. The summed E-state index contributed by atoms with van der Waals surface area (Å²) < 4.78 is 46.0. The second-order valence-corrected chi connectivity index (χ2v) is 8.51. The molecule has 0 fully saturated rings. The summed E-state index contributed by atoms with van der Waals surface area (Å²) in [5, 5.41) is 24.6. The highest BCUT2D eigenvalue weighted by molar-refractivity contribution is 6.32. The molecule has 4 aromatic rings. The fourth-order valence-electron chi connectivity index (χ4n) is 3.53. The van der Waals surface area contributed by atoms with Crippen LogP contribution in [0.3, 0.4) is 0 Å². The highest BCUT2D eigenvalue weighted by Gasteiger charge is 2.31. The van der Waals surface area contributed by atoms with E-state index in [1.165, 1.54) is 24.3 Å². The van der Waals surface area contributed by atoms with E-state index in [9.17, 15) is 32.9 Å². The first-order valence-electron chi connectivity index (χ1n) is 11.0. The molecule has 0 amide bonds. The normalized spacial score (nSPS) is 12.5. The number of alkyl halides is 3. The van der Waals surface area contributed by atoms with Gasteiger partial charge in [-0.3, -0.25) is 14.9 Å². The SMILES string of the molecule is C[C@@H](Oc1c(Cl)cc(C=Nn2c(-c3cccc(C(F)(F)F)c3)nc3ccccc3c2=O)cc1[N+](=O)[O-])C(=O)O. The van der Waals surface area contributed by atoms with Crippen LogP contribution in [0.1, 0.15) is 18.1 Å². The number of hydrogen-bond donors (Lipinski definition) is 1. The van der Waals surface area contributed by atoms with Gasteiger partial charge >= 0.3 is 17.8 Å². The lowest BCUT2D eigenvalue weighted by molar-refractivity contribution is -0.386. The van der Waals surface area contributed by atoms with E-state index in [0.717, 1.165) is 42.1 Å². The third kappa shape index (κ3) is 5.72. The van der Waals surface area contributed by atoms with Crippen molar-refractivity contribution < 1.29 is 32.7 Å². The molecule has 1 N–H and O–H groups in total. The Bertz CT molecular complexity index is 1700. The van der Waals surface area contributed by atoms with Crippen molar-refractivity contribution in [3.8, 4) is 17.1 Å². The number of aliphatic carboxylic acids is 1. The first-order chi connectivity index (χ1) is 18.4. The van der Waals surface area contributed by atoms with Crippen molar-refractivity contribution in [3.05, 3.63) is 97.3 Å². The fraction of sp³-hybridized carbons (Fsp3) is 0.120. The molecule has 0 radical (unpaired) electrons. The van der Waals surface area contributed by atoms with E-state index in [2.05, 4.69) is 10.1 Å². The Hall–Kier alpha value is -4.78. The third-order valence-electron chi connectivity index (χ3n) is 5.41. The predicted octanol–water partition coefficient (Wildman–Crippen LogP) is 5.38. The molecule has 0 aliphatic rings. The van der Waals surface area contributed by atoms with Gasteiger partial charge in [-0.1, -0.05) is 35.9 Å². The first kappa shape index (κ1) is 27.3. The molecule has 1 aromatic heterocycles. The maximum Gasteiger partial charge on any atom is 0.416 e. The molecule has 0 bridgehead atoms. The van der Waals surface area contributed by atoms with Crippen LogP contribution in [-0.4, -0.2) is 38.0 Å². The van der Waals surface area contributed by atoms with E-state index in [-0.39, 0.29) is 32.9 Å². The molecule has 0 aliphatic carbocycles. The van der Waals surface area contributed by atoms with Crippen LogP contribution in [-0.2, 0) is 11.0 Å². The van der Waals surface area contributed by atoms with Crippen molar-refractivity contribution in [1.82, 2.24) is 9.66 Å². The molecule has 0 spiro atoms. The Morgan fingerprint density at radius 2 is 1.92 bits per heavy atom. The van der Waals surface area contributed by atoms with Crippen LogP contribution in [0.2, 0.25) is 5.02 Å². The van der Waals surface area contributed by atoms with Crippen LogP contribution >= 0.6 is 11.6 Å². The lowest BCUT2D eigenvalue weighted by atomic mass is 10.1. The van der Waals surface area contributed by atoms with Gasteiger partial charge in [-0.2, -0.15) is 22.9 Å². The van der Waals surface area contributed by atoms with Crippen LogP contribution in [0.5, 0.6) is 5.75 Å². The Morgan fingerprint density at radius 1 is 1.21 bits per heavy atom. The molecule has 1 heterocycles. The van der Waals surface area contributed by atoms with Gasteiger partial charge in [0.05, 0.1) is 32.6 Å². The number of para-hydroxylation sites is 1. The van der Waals surface area contributed by atoms with Gasteiger partial charge in [-0.25, -0.2) is 9.78 Å². The third-order valence-corrected chi connectivity index (χ3v) is 5.69. The Kier molecular flexibility index (Phi) is 7.36. The minimum Gasteiger partial charge on any atom is -0.479 e. The van der Waals surface area contributed by atoms with E-state index < -0.39 is 45.7 Å². The number of aromatic nitrogens is 2. The average Bonchev–Trinajstić information content (AvgIpc) is 2.88. The van der Waals surface area contributed by atoms with Crippen molar-refractivity contribution in [2.75, 3.05) is 0 Å². The number of nitrogens with zero attached hydrogens (tertiary/aromatic N) is 4. The zero-order valence-electron chi connectivity index (χ0n) is 19.7. The minimum absolute atomic E-state index is 0.0112. The maximum atomic E-state index is 13.4. The number of halogens is 4. The molecule has 0 saturated carbocycles. The molecular weight excluding hydrogens is 545 g/mol. The Morgan fingerprint density at radius 3 is 2.59 bits per heavy atom. The van der Waals surface area contributed by atoms with Gasteiger partial charge in [-0.05, 0) is 37.3 Å². The van der Waals surface area contributed by atoms with Crippen LogP contribution in [0, 0.1) is 10.1 Å². The summed E-state index contributed by atoms with van der Waals surface area (Å²) in [6, 6.07) is 12.5. The number of ether oxygens (including phenoxy) is 1. The van der Waals surface area contributed by atoms with Crippen molar-refractivity contribution in [3.63, 3.8) is 0 Å². The molecule has 200 valence electrons. The lowest BCUT2D eigenvalue weighted by Gasteiger charge is -2.13. The van der Waals surface area contributed by atoms with Gasteiger partial charge in [0, 0.05) is 17.2 Å². The highest BCUT2D eigenvalue weighted by Crippen LogP contribution is 2.37. The van der Waals surface area contributed by atoms with Gasteiger partial charge in [0.1, 0.15) is 0 Å². The molecule has 1 atom stereocenters. The van der Waals surface area contributed by atoms with Crippen molar-refractivity contribution in [2.45, 2.75) is 19.2 Å². The van der Waals surface area contributed by atoms with Crippen LogP contribution in [0.25, 0.3) is 22.3 Å². The van der Waals surface area contributed by atoms with Crippen molar-refractivity contribution in [1.29, 1.82) is 0 Å². The zero-order chi connectivity index (χ0) is 28.5. The molecule has 14 heteroatoms. The molecule has 0 aliphatic heterocycles. The largest absolute Gasteiger partial charge is 0.479 e. The zero-order valence-corrected chi connectivity index (χ0v) is 20.5. The van der Waals surface area contributed by atoms with Crippen molar-refractivity contribution in [2.24, 2.45) is 5.10 Å². The van der Waals surface area contributed by atoms with E-state index >= 15 is 0 Å². The molecule has 0 unspecified atom stereocenters. The second-order valence-electron chi connectivity index (χ2n) is 8.10. The number of hydrogen-bond acceptors (Lipinski definition) is 7. The molecule has 3 aromatic carbocycles. The number of nitro benzene ring substituents is 1. The quantitative estimate of drug-likeness (QED) is 0.182. The van der Waals surface area contributed by atoms with E-state index in [1.54, 1.807) is 12.1 Å². The van der Waals surface area contributed by atoms with E-state index in [1.807, 2.05) is 0 Å². The van der Waals surface area contributed by atoms with Crippen molar-refractivity contribution >= 4 is 40.4 Å². The molecule has 0 saturated heterocycles. The Balaban J connectivity index is 1.88. The molecule has 4 rings (SSSR count). The molecule has 10 nitrogen and oxygen atoms in total. The van der Waals surface area contributed by atoms with Crippen LogP contribution in [0.4, 0.5) is 18.9 Å². The minimum atomic E-state index is -4.65. The summed E-state index contributed by atoms with van der Waals surface area (Å²) in [5.41, 5.74) is -2.17. The summed E-state index contributed by atoms with van der Waals surface area (Å²) in [5.74, 6) is -2.07. The standard InChI is InChI=1S/C25H16ClF3N4O6/c1-13(24(35)36)39-21-18(26)9-14(10-20(21)33(37)38)12-30-32-22(15-5-4-6-16(11-15)25(27,28)29)31-19-8-3-2-7-17(19)23(32)34/h2-13H,1H3,(H,35,36)/t13-/m1/s1. The number of carboxylic acid groups (broad SMARTS) is 1. The number of rotatable bonds is 7. The van der Waals surface area contributed by atoms with Gasteiger partial charge < -0.3 is 9.84 Å². The topological polar surface area (TPSA) is 137 Å². The summed E-state index contributed by atoms with van der Waals surface area (Å²) >= 11 is 6.13. The predicted molar refractivity (Wildman–Crippen MR) is 135 cm³/mol. The molecule has 39 heavy (non-hydrogen) atoms. The number of fused-ring (bicyclic) bond motifs is 1. The van der Waals surface area contributed by atoms with Gasteiger partial charge in [0.25, 0.3) is 5.56 Å². The van der Waals surface area contributed by atoms with Crippen LogP contribution in [0.15, 0.2) is 70.6 Å². The van der Waals surface area contributed by atoms with E-state index in [0.29, 0.717) is 0 Å². The number of nitro groups is 1. The summed E-state index contributed by atoms with van der Waals surface area (Å²) in [6.07, 6.45) is -5.07. The van der Waals surface area contributed by atoms with E-state index in [4.69, 9.17) is 21.4 Å². The van der Waals surface area contributed by atoms with Gasteiger partial charge in [0.2, 0.25) is 5.75 Å². The van der Waals surface area contributed by atoms with Crippen LogP contribution < -0.4 is 10.3 Å². The number of carbonyl (C=O) groups is 1. The summed E-state index contributed by atoms with van der Waals surface area (Å²) in [4.78, 5) is 39.5. The van der Waals surface area contributed by atoms with Gasteiger partial charge in [0.15, 0.2) is 11.9 Å². The lowest BCUT2D eigenvalue weighted by Crippen LogP contribution is -2.23. The summed E-state index contributed by atoms with van der Waals surface area (Å²) in [7, 11) is 0. The second kappa shape index (κ2) is 10.5. The number of carboxylic acids is 1. The van der Waals surface area contributed by atoms with Gasteiger partial charge in [-0.15, -0.1) is 0 Å². The fourth-order valence-corrected chi connectivity index (χ4v) is 3.80. The summed E-state index contributed by atoms with van der Waals surface area (Å²) in [6.45, 7) is 1.16. The number of benzene rings is 3. The Labute approximate surface area is 221 Å². The average molecular weight is 561 g/mol. The highest BCUT2D eigenvalue weighted by atomic mass is 35.5.